The highest BCUT2D eigenvalue weighted by atomic mass is 32.2. The number of nitrogens with one attached hydrogen (secondary N) is 1. The van der Waals surface area contributed by atoms with Gasteiger partial charge in [0.15, 0.2) is 6.29 Å². The molecule has 0 saturated carbocycles. The maximum absolute atomic E-state index is 13.3. The first-order chi connectivity index (χ1) is 18.0. The second-order valence-corrected chi connectivity index (χ2v) is 10.5. The third-order valence-corrected chi connectivity index (χ3v) is 7.89. The standard InChI is InChI=1S/C25H26N6O5S/c1-15-13-36-25(34)31(15)11-17-7-16-3-2-5-30(23(16)28-20(17)12-32)24(33)29-22-8-21(18(9-26)10-27-22)37-19-4-6-35-14-19/h7-8,10,12,15,19H,2-6,11,13-14H2,1H3,(H,27,29,33)/t15?,19-/m1/s1. The number of anilines is 2. The van der Waals surface area contributed by atoms with Crippen LogP contribution in [0.5, 0.6) is 0 Å². The van der Waals surface area contributed by atoms with Crippen molar-refractivity contribution < 1.29 is 23.9 Å². The molecular formula is C25H26N6O5S. The predicted molar refractivity (Wildman–Crippen MR) is 135 cm³/mol. The van der Waals surface area contributed by atoms with Gasteiger partial charge in [-0.25, -0.2) is 19.6 Å². The maximum atomic E-state index is 13.3. The summed E-state index contributed by atoms with van der Waals surface area (Å²) in [6, 6.07) is 5.18. The number of thioether (sulfide) groups is 1. The van der Waals surface area contributed by atoms with Crippen molar-refractivity contribution >= 4 is 41.8 Å². The molecule has 2 aromatic rings. The molecule has 0 spiro atoms. The zero-order valence-electron chi connectivity index (χ0n) is 20.3. The average molecular weight is 523 g/mol. The van der Waals surface area contributed by atoms with E-state index in [1.807, 2.05) is 13.0 Å². The molecule has 37 heavy (non-hydrogen) atoms. The molecule has 2 atom stereocenters. The van der Waals surface area contributed by atoms with Gasteiger partial charge in [0, 0.05) is 35.1 Å². The van der Waals surface area contributed by atoms with E-state index in [4.69, 9.17) is 9.47 Å². The van der Waals surface area contributed by atoms with Crippen LogP contribution >= 0.6 is 11.8 Å². The summed E-state index contributed by atoms with van der Waals surface area (Å²) in [6.45, 7) is 4.14. The lowest BCUT2D eigenvalue weighted by molar-refractivity contribution is 0.111. The molecule has 2 aromatic heterocycles. The Hall–Kier alpha value is -3.69. The van der Waals surface area contributed by atoms with Gasteiger partial charge in [-0.3, -0.25) is 19.9 Å². The summed E-state index contributed by atoms with van der Waals surface area (Å²) < 4.78 is 10.5. The summed E-state index contributed by atoms with van der Waals surface area (Å²) >= 11 is 1.55. The number of aldehydes is 1. The molecule has 1 N–H and O–H groups in total. The molecule has 5 rings (SSSR count). The van der Waals surface area contributed by atoms with Crippen LogP contribution in [0.1, 0.15) is 46.9 Å². The predicted octanol–water partition coefficient (Wildman–Crippen LogP) is 3.37. The number of carbonyl (C=O) groups excluding carboxylic acids is 3. The Morgan fingerprint density at radius 3 is 2.95 bits per heavy atom. The molecule has 192 valence electrons. The molecule has 3 amide bonds. The lowest BCUT2D eigenvalue weighted by Crippen LogP contribution is -2.40. The maximum Gasteiger partial charge on any atom is 0.410 e. The molecule has 0 bridgehead atoms. The van der Waals surface area contributed by atoms with Crippen molar-refractivity contribution in [1.82, 2.24) is 14.9 Å². The Morgan fingerprint density at radius 1 is 1.38 bits per heavy atom. The van der Waals surface area contributed by atoms with Crippen LogP contribution in [0.3, 0.4) is 0 Å². The number of urea groups is 1. The van der Waals surface area contributed by atoms with Crippen LogP contribution in [-0.2, 0) is 22.4 Å². The van der Waals surface area contributed by atoms with Crippen LogP contribution in [0.15, 0.2) is 23.2 Å². The molecule has 3 aliphatic rings. The first-order valence-corrected chi connectivity index (χ1v) is 13.0. The molecular weight excluding hydrogens is 496 g/mol. The normalized spacial score (nSPS) is 20.8. The summed E-state index contributed by atoms with van der Waals surface area (Å²) in [5.41, 5.74) is 2.07. The number of nitrogens with zero attached hydrogens (tertiary/aromatic N) is 5. The SMILES string of the molecule is CC1COC(=O)N1Cc1cc2c(nc1C=O)N(C(=O)Nc1cc(S[C@@H]3CCOC3)c(C#N)cn1)CCC2. The van der Waals surface area contributed by atoms with E-state index in [0.29, 0.717) is 68.3 Å². The number of fused-ring (bicyclic) bond motifs is 1. The van der Waals surface area contributed by atoms with Gasteiger partial charge in [-0.2, -0.15) is 5.26 Å². The molecule has 1 unspecified atom stereocenters. The van der Waals surface area contributed by atoms with E-state index in [2.05, 4.69) is 21.4 Å². The van der Waals surface area contributed by atoms with Crippen molar-refractivity contribution in [2.24, 2.45) is 0 Å². The highest BCUT2D eigenvalue weighted by molar-refractivity contribution is 8.00. The zero-order chi connectivity index (χ0) is 25.9. The number of hydrogen-bond donors (Lipinski definition) is 1. The molecule has 2 saturated heterocycles. The number of ether oxygens (including phenoxy) is 2. The Kier molecular flexibility index (Phi) is 7.25. The van der Waals surface area contributed by atoms with Gasteiger partial charge in [0.25, 0.3) is 0 Å². The third-order valence-electron chi connectivity index (χ3n) is 6.59. The molecule has 0 aliphatic carbocycles. The average Bonchev–Trinajstić information content (AvgIpc) is 3.53. The second kappa shape index (κ2) is 10.7. The van der Waals surface area contributed by atoms with Crippen LogP contribution < -0.4 is 10.2 Å². The summed E-state index contributed by atoms with van der Waals surface area (Å²) in [7, 11) is 0. The summed E-state index contributed by atoms with van der Waals surface area (Å²) in [5.74, 6) is 0.740. The summed E-state index contributed by atoms with van der Waals surface area (Å²) in [6.07, 6.45) is 3.98. The number of rotatable bonds is 6. The highest BCUT2D eigenvalue weighted by Crippen LogP contribution is 2.33. The lowest BCUT2D eigenvalue weighted by atomic mass is 10.0. The van der Waals surface area contributed by atoms with E-state index in [0.717, 1.165) is 16.9 Å². The lowest BCUT2D eigenvalue weighted by Gasteiger charge is -2.29. The quantitative estimate of drug-likeness (QED) is 0.566. The van der Waals surface area contributed by atoms with Crippen LogP contribution in [-0.4, -0.2) is 70.9 Å². The minimum absolute atomic E-state index is 0.102. The molecule has 3 aliphatic heterocycles. The first kappa shape index (κ1) is 25.0. The molecule has 0 radical (unpaired) electrons. The van der Waals surface area contributed by atoms with E-state index in [1.54, 1.807) is 22.7 Å². The highest BCUT2D eigenvalue weighted by Gasteiger charge is 2.32. The fraction of sp³-hybridized carbons (Fsp3) is 0.440. The van der Waals surface area contributed by atoms with E-state index in [1.165, 1.54) is 11.1 Å². The fourth-order valence-corrected chi connectivity index (χ4v) is 5.72. The number of aromatic nitrogens is 2. The monoisotopic (exact) mass is 522 g/mol. The van der Waals surface area contributed by atoms with E-state index in [-0.39, 0.29) is 23.5 Å². The van der Waals surface area contributed by atoms with Gasteiger partial charge in [0.05, 0.1) is 24.8 Å². The topological polar surface area (TPSA) is 138 Å². The first-order valence-electron chi connectivity index (χ1n) is 12.1. The Balaban J connectivity index is 1.36. The zero-order valence-corrected chi connectivity index (χ0v) is 21.1. The Bertz CT molecular complexity index is 1270. The second-order valence-electron chi connectivity index (χ2n) is 9.15. The van der Waals surface area contributed by atoms with E-state index >= 15 is 0 Å². The van der Waals surface area contributed by atoms with Crippen molar-refractivity contribution in [3.8, 4) is 6.07 Å². The van der Waals surface area contributed by atoms with Gasteiger partial charge in [-0.1, -0.05) is 0 Å². The molecule has 12 heteroatoms. The van der Waals surface area contributed by atoms with E-state index in [9.17, 15) is 19.6 Å². The third kappa shape index (κ3) is 5.23. The Morgan fingerprint density at radius 2 is 2.24 bits per heavy atom. The number of aryl methyl sites for hydroxylation is 1. The number of hydrogen-bond acceptors (Lipinski definition) is 9. The molecule has 5 heterocycles. The van der Waals surface area contributed by atoms with Crippen LogP contribution in [0.4, 0.5) is 21.2 Å². The van der Waals surface area contributed by atoms with Crippen molar-refractivity contribution in [1.29, 1.82) is 5.26 Å². The van der Waals surface area contributed by atoms with Gasteiger partial charge in [0.2, 0.25) is 0 Å². The molecule has 11 nitrogen and oxygen atoms in total. The van der Waals surface area contributed by atoms with Gasteiger partial charge in [-0.05, 0) is 43.9 Å². The van der Waals surface area contributed by atoms with Crippen molar-refractivity contribution in [3.63, 3.8) is 0 Å². The smallest absolute Gasteiger partial charge is 0.410 e. The van der Waals surface area contributed by atoms with Crippen molar-refractivity contribution in [3.05, 3.63) is 40.7 Å². The molecule has 0 aromatic carbocycles. The van der Waals surface area contributed by atoms with Gasteiger partial charge in [-0.15, -0.1) is 11.8 Å². The summed E-state index contributed by atoms with van der Waals surface area (Å²) in [5, 5.41) is 12.5. The number of pyridine rings is 2. The number of carbonyl (C=O) groups is 3. The van der Waals surface area contributed by atoms with Gasteiger partial charge in [0.1, 0.15) is 30.0 Å². The minimum Gasteiger partial charge on any atom is -0.447 e. The number of nitriles is 1. The summed E-state index contributed by atoms with van der Waals surface area (Å²) in [4.78, 5) is 49.8. The van der Waals surface area contributed by atoms with Crippen molar-refractivity contribution in [2.75, 3.05) is 36.6 Å². The molecule has 2 fully saturated rings. The minimum atomic E-state index is -0.424. The van der Waals surface area contributed by atoms with Gasteiger partial charge < -0.3 is 9.47 Å². The van der Waals surface area contributed by atoms with Gasteiger partial charge >= 0.3 is 12.1 Å². The van der Waals surface area contributed by atoms with Crippen LogP contribution in [0, 0.1) is 11.3 Å². The largest absolute Gasteiger partial charge is 0.447 e. The van der Waals surface area contributed by atoms with Crippen molar-refractivity contribution in [2.45, 2.75) is 48.9 Å². The Labute approximate surface area is 218 Å². The van der Waals surface area contributed by atoms with Crippen LogP contribution in [0.2, 0.25) is 0 Å². The van der Waals surface area contributed by atoms with Crippen LogP contribution in [0.25, 0.3) is 0 Å². The van der Waals surface area contributed by atoms with E-state index < -0.39 is 12.1 Å². The fourth-order valence-electron chi connectivity index (χ4n) is 4.58. The number of cyclic esters (lactones) is 1. The number of amides is 3.